The number of hydrogen-bond donors (Lipinski definition) is 1. The Labute approximate surface area is 174 Å². The van der Waals surface area contributed by atoms with Gasteiger partial charge in [-0.1, -0.05) is 12.1 Å². The van der Waals surface area contributed by atoms with E-state index in [0.29, 0.717) is 30.3 Å². The summed E-state index contributed by atoms with van der Waals surface area (Å²) in [4.78, 5) is 12.5. The van der Waals surface area contributed by atoms with Crippen molar-refractivity contribution in [2.75, 3.05) is 31.3 Å². The largest absolute Gasteiger partial charge is 0.495 e. The lowest BCUT2D eigenvalue weighted by molar-refractivity contribution is -0.113. The molecule has 1 aliphatic rings. The van der Waals surface area contributed by atoms with Gasteiger partial charge in [0.05, 0.1) is 23.4 Å². The molecule has 1 saturated heterocycles. The highest BCUT2D eigenvalue weighted by Gasteiger charge is 2.28. The van der Waals surface area contributed by atoms with Gasteiger partial charge in [-0.3, -0.25) is 4.79 Å². The molecule has 1 N–H and O–H groups in total. The lowest BCUT2D eigenvalue weighted by atomic mass is 10.2. The Morgan fingerprint density at radius 1 is 1.17 bits per heavy atom. The standard InChI is InChI=1S/C20H23FN2O4S2/c1-27-19-9-8-17(29(25,26)23-10-2-3-11-23)12-18(19)22-20(24)14-28-13-15-4-6-16(21)7-5-15/h4-9,12H,2-3,10-11,13-14H2,1H3,(H,22,24). The van der Waals surface area contributed by atoms with Gasteiger partial charge >= 0.3 is 0 Å². The molecule has 0 radical (unpaired) electrons. The fraction of sp³-hybridized carbons (Fsp3) is 0.350. The number of sulfonamides is 1. The predicted octanol–water partition coefficient (Wildman–Crippen LogP) is 3.49. The van der Waals surface area contributed by atoms with Gasteiger partial charge in [-0.2, -0.15) is 4.31 Å². The summed E-state index contributed by atoms with van der Waals surface area (Å²) < 4.78 is 45.2. The first-order valence-corrected chi connectivity index (χ1v) is 11.8. The quantitative estimate of drug-likeness (QED) is 0.683. The molecule has 0 unspecified atom stereocenters. The highest BCUT2D eigenvalue weighted by molar-refractivity contribution is 7.99. The van der Waals surface area contributed by atoms with Crippen LogP contribution in [-0.4, -0.2) is 44.6 Å². The zero-order valence-corrected chi connectivity index (χ0v) is 17.7. The summed E-state index contributed by atoms with van der Waals surface area (Å²) in [5, 5.41) is 2.73. The van der Waals surface area contributed by atoms with Crippen molar-refractivity contribution in [1.82, 2.24) is 4.31 Å². The number of halogens is 1. The summed E-state index contributed by atoms with van der Waals surface area (Å²) in [6, 6.07) is 10.6. The molecule has 2 aromatic carbocycles. The van der Waals surface area contributed by atoms with Gasteiger partial charge in [0.1, 0.15) is 11.6 Å². The average Bonchev–Trinajstić information content (AvgIpc) is 3.25. The van der Waals surface area contributed by atoms with Crippen LogP contribution in [0.25, 0.3) is 0 Å². The monoisotopic (exact) mass is 438 g/mol. The summed E-state index contributed by atoms with van der Waals surface area (Å²) in [6.45, 7) is 1.02. The van der Waals surface area contributed by atoms with Crippen LogP contribution in [0.2, 0.25) is 0 Å². The second kappa shape index (κ2) is 9.60. The molecule has 2 aromatic rings. The Hall–Kier alpha value is -2.10. The number of benzene rings is 2. The van der Waals surface area contributed by atoms with E-state index in [9.17, 15) is 17.6 Å². The summed E-state index contributed by atoms with van der Waals surface area (Å²) in [5.74, 6) is 0.554. The molecule has 1 amide bonds. The van der Waals surface area contributed by atoms with Gasteiger partial charge in [-0.05, 0) is 48.7 Å². The Morgan fingerprint density at radius 3 is 2.52 bits per heavy atom. The number of rotatable bonds is 8. The summed E-state index contributed by atoms with van der Waals surface area (Å²) in [5.41, 5.74) is 1.24. The van der Waals surface area contributed by atoms with Crippen molar-refractivity contribution in [2.45, 2.75) is 23.5 Å². The lowest BCUT2D eigenvalue weighted by Gasteiger charge is -2.17. The van der Waals surface area contributed by atoms with Crippen molar-refractivity contribution < 1.29 is 22.3 Å². The minimum absolute atomic E-state index is 0.134. The maximum absolute atomic E-state index is 12.9. The third-order valence-electron chi connectivity index (χ3n) is 4.56. The fourth-order valence-electron chi connectivity index (χ4n) is 3.05. The van der Waals surface area contributed by atoms with E-state index in [1.165, 1.54) is 47.4 Å². The van der Waals surface area contributed by atoms with Gasteiger partial charge < -0.3 is 10.1 Å². The Bertz CT molecular complexity index is 959. The molecule has 3 rings (SSSR count). The topological polar surface area (TPSA) is 75.7 Å². The van der Waals surface area contributed by atoms with Crippen molar-refractivity contribution in [3.8, 4) is 5.75 Å². The van der Waals surface area contributed by atoms with Gasteiger partial charge in [0.25, 0.3) is 0 Å². The van der Waals surface area contributed by atoms with Crippen molar-refractivity contribution in [2.24, 2.45) is 0 Å². The van der Waals surface area contributed by atoms with E-state index in [0.717, 1.165) is 18.4 Å². The van der Waals surface area contributed by atoms with Crippen LogP contribution in [0.1, 0.15) is 18.4 Å². The van der Waals surface area contributed by atoms with E-state index in [4.69, 9.17) is 4.74 Å². The number of nitrogens with one attached hydrogen (secondary N) is 1. The Balaban J connectivity index is 1.65. The van der Waals surface area contributed by atoms with Gasteiger partial charge in [0.2, 0.25) is 15.9 Å². The molecule has 0 bridgehead atoms. The first kappa shape index (κ1) is 21.6. The zero-order valence-electron chi connectivity index (χ0n) is 16.1. The number of carbonyl (C=O) groups excluding carboxylic acids is 1. The first-order chi connectivity index (χ1) is 13.9. The van der Waals surface area contributed by atoms with Gasteiger partial charge in [-0.15, -0.1) is 11.8 Å². The lowest BCUT2D eigenvalue weighted by Crippen LogP contribution is -2.28. The third-order valence-corrected chi connectivity index (χ3v) is 7.46. The second-order valence-corrected chi connectivity index (χ2v) is 9.56. The normalized spacial score (nSPS) is 14.7. The molecule has 1 fully saturated rings. The van der Waals surface area contributed by atoms with Crippen LogP contribution in [-0.2, 0) is 20.6 Å². The zero-order chi connectivity index (χ0) is 20.9. The first-order valence-electron chi connectivity index (χ1n) is 9.20. The van der Waals surface area contributed by atoms with Gasteiger partial charge in [0.15, 0.2) is 0 Å². The van der Waals surface area contributed by atoms with Crippen molar-refractivity contribution in [3.63, 3.8) is 0 Å². The number of amides is 1. The number of methoxy groups -OCH3 is 1. The van der Waals surface area contributed by atoms with E-state index in [-0.39, 0.29) is 22.4 Å². The number of carbonyl (C=O) groups is 1. The second-order valence-electron chi connectivity index (χ2n) is 6.64. The number of nitrogens with zero attached hydrogens (tertiary/aromatic N) is 1. The Morgan fingerprint density at radius 2 is 1.86 bits per heavy atom. The highest BCUT2D eigenvalue weighted by atomic mass is 32.2. The molecule has 1 heterocycles. The molecule has 6 nitrogen and oxygen atoms in total. The number of hydrogen-bond acceptors (Lipinski definition) is 5. The third kappa shape index (κ3) is 5.49. The molecule has 0 atom stereocenters. The van der Waals surface area contributed by atoms with Crippen LogP contribution in [0.3, 0.4) is 0 Å². The van der Waals surface area contributed by atoms with Crippen LogP contribution in [0.4, 0.5) is 10.1 Å². The predicted molar refractivity (Wildman–Crippen MR) is 112 cm³/mol. The number of ether oxygens (including phenoxy) is 1. The molecule has 0 saturated carbocycles. The van der Waals surface area contributed by atoms with E-state index in [1.54, 1.807) is 18.2 Å². The van der Waals surface area contributed by atoms with Crippen molar-refractivity contribution in [3.05, 3.63) is 53.8 Å². The molecule has 156 valence electrons. The van der Waals surface area contributed by atoms with Crippen LogP contribution >= 0.6 is 11.8 Å². The molecule has 0 aromatic heterocycles. The van der Waals surface area contributed by atoms with Crippen LogP contribution in [0.5, 0.6) is 5.75 Å². The highest BCUT2D eigenvalue weighted by Crippen LogP contribution is 2.30. The van der Waals surface area contributed by atoms with E-state index in [2.05, 4.69) is 5.32 Å². The van der Waals surface area contributed by atoms with Crippen LogP contribution in [0, 0.1) is 5.82 Å². The molecular formula is C20H23FN2O4S2. The Kier molecular flexibility index (Phi) is 7.15. The SMILES string of the molecule is COc1ccc(S(=O)(=O)N2CCCC2)cc1NC(=O)CSCc1ccc(F)cc1. The summed E-state index contributed by atoms with van der Waals surface area (Å²) in [7, 11) is -2.13. The molecule has 9 heteroatoms. The minimum atomic E-state index is -3.59. The molecule has 0 spiro atoms. The number of thioether (sulfide) groups is 1. The maximum Gasteiger partial charge on any atom is 0.243 e. The molecule has 1 aliphatic heterocycles. The smallest absolute Gasteiger partial charge is 0.243 e. The van der Waals surface area contributed by atoms with E-state index in [1.807, 2.05) is 0 Å². The molecule has 29 heavy (non-hydrogen) atoms. The summed E-state index contributed by atoms with van der Waals surface area (Å²) in [6.07, 6.45) is 1.70. The minimum Gasteiger partial charge on any atom is -0.495 e. The number of anilines is 1. The average molecular weight is 439 g/mol. The van der Waals surface area contributed by atoms with Crippen molar-refractivity contribution >= 4 is 33.4 Å². The fourth-order valence-corrected chi connectivity index (χ4v) is 5.38. The molecule has 0 aliphatic carbocycles. The van der Waals surface area contributed by atoms with E-state index >= 15 is 0 Å². The van der Waals surface area contributed by atoms with E-state index < -0.39 is 10.0 Å². The molecular weight excluding hydrogens is 415 g/mol. The maximum atomic E-state index is 12.9. The van der Waals surface area contributed by atoms with Crippen molar-refractivity contribution in [1.29, 1.82) is 0 Å². The summed E-state index contributed by atoms with van der Waals surface area (Å²) >= 11 is 1.38. The van der Waals surface area contributed by atoms with Gasteiger partial charge in [-0.25, -0.2) is 12.8 Å². The van der Waals surface area contributed by atoms with Gasteiger partial charge in [0, 0.05) is 18.8 Å². The van der Waals surface area contributed by atoms with Crippen LogP contribution in [0.15, 0.2) is 47.4 Å². The van der Waals surface area contributed by atoms with Crippen LogP contribution < -0.4 is 10.1 Å².